The van der Waals surface area contributed by atoms with Crippen LogP contribution in [0, 0.1) is 5.82 Å². The fourth-order valence-corrected chi connectivity index (χ4v) is 4.42. The highest BCUT2D eigenvalue weighted by Crippen LogP contribution is 2.44. The molecule has 6 heteroatoms. The van der Waals surface area contributed by atoms with Crippen LogP contribution in [0.25, 0.3) is 0 Å². The lowest BCUT2D eigenvalue weighted by Gasteiger charge is -2.40. The SMILES string of the molecule is CN(C)c1ncc2c(n1)C1(CCCN(C(=O)Cc3cccc(F)c3)C1)CC2. The highest BCUT2D eigenvalue weighted by Gasteiger charge is 2.44. The van der Waals surface area contributed by atoms with Gasteiger partial charge in [-0.15, -0.1) is 0 Å². The molecule has 2 heterocycles. The zero-order valence-electron chi connectivity index (χ0n) is 15.9. The molecule has 1 unspecified atom stereocenters. The minimum Gasteiger partial charge on any atom is -0.347 e. The molecule has 1 fully saturated rings. The van der Waals surface area contributed by atoms with Crippen LogP contribution in [0.3, 0.4) is 0 Å². The molecule has 4 rings (SSSR count). The van der Waals surface area contributed by atoms with Crippen molar-refractivity contribution in [3.05, 3.63) is 53.1 Å². The summed E-state index contributed by atoms with van der Waals surface area (Å²) in [5.41, 5.74) is 2.98. The number of carbonyl (C=O) groups is 1. The van der Waals surface area contributed by atoms with E-state index in [4.69, 9.17) is 4.98 Å². The number of aryl methyl sites for hydroxylation is 1. The number of anilines is 1. The number of hydrogen-bond acceptors (Lipinski definition) is 4. The van der Waals surface area contributed by atoms with Gasteiger partial charge in [0.1, 0.15) is 5.82 Å². The summed E-state index contributed by atoms with van der Waals surface area (Å²) in [4.78, 5) is 26.0. The third-order valence-electron chi connectivity index (χ3n) is 5.80. The van der Waals surface area contributed by atoms with E-state index in [1.807, 2.05) is 36.2 Å². The fraction of sp³-hybridized carbons (Fsp3) is 0.476. The lowest BCUT2D eigenvalue weighted by Crippen LogP contribution is -2.48. The topological polar surface area (TPSA) is 49.3 Å². The molecular weight excluding hydrogens is 343 g/mol. The van der Waals surface area contributed by atoms with Gasteiger partial charge in [0.2, 0.25) is 11.9 Å². The Morgan fingerprint density at radius 1 is 1.33 bits per heavy atom. The van der Waals surface area contributed by atoms with Crippen LogP contribution in [0.2, 0.25) is 0 Å². The Morgan fingerprint density at radius 3 is 2.96 bits per heavy atom. The molecule has 1 atom stereocenters. The van der Waals surface area contributed by atoms with E-state index >= 15 is 0 Å². The van der Waals surface area contributed by atoms with Crippen molar-refractivity contribution in [2.75, 3.05) is 32.1 Å². The first-order chi connectivity index (χ1) is 13.0. The number of piperidine rings is 1. The molecule has 27 heavy (non-hydrogen) atoms. The van der Waals surface area contributed by atoms with Crippen LogP contribution in [0.4, 0.5) is 10.3 Å². The Labute approximate surface area is 159 Å². The van der Waals surface area contributed by atoms with Crippen molar-refractivity contribution >= 4 is 11.9 Å². The van der Waals surface area contributed by atoms with Gasteiger partial charge in [-0.25, -0.2) is 14.4 Å². The van der Waals surface area contributed by atoms with Gasteiger partial charge in [0.05, 0.1) is 12.1 Å². The first kappa shape index (κ1) is 17.9. The van der Waals surface area contributed by atoms with Crippen LogP contribution in [0.5, 0.6) is 0 Å². The maximum atomic E-state index is 13.4. The molecule has 1 aromatic heterocycles. The van der Waals surface area contributed by atoms with Crippen LogP contribution in [-0.4, -0.2) is 48.0 Å². The average molecular weight is 368 g/mol. The average Bonchev–Trinajstić information content (AvgIpc) is 2.99. The highest BCUT2D eigenvalue weighted by molar-refractivity contribution is 5.79. The number of rotatable bonds is 3. The minimum absolute atomic E-state index is 0.0648. The summed E-state index contributed by atoms with van der Waals surface area (Å²) >= 11 is 0. The predicted molar refractivity (Wildman–Crippen MR) is 102 cm³/mol. The largest absolute Gasteiger partial charge is 0.347 e. The van der Waals surface area contributed by atoms with Crippen molar-refractivity contribution in [1.29, 1.82) is 0 Å². The number of carbonyl (C=O) groups excluding carboxylic acids is 1. The van der Waals surface area contributed by atoms with Crippen LogP contribution >= 0.6 is 0 Å². The molecule has 0 bridgehead atoms. The smallest absolute Gasteiger partial charge is 0.227 e. The molecule has 1 saturated heterocycles. The van der Waals surface area contributed by atoms with E-state index in [2.05, 4.69) is 4.98 Å². The number of likely N-dealkylation sites (tertiary alicyclic amines) is 1. The van der Waals surface area contributed by atoms with Crippen molar-refractivity contribution in [1.82, 2.24) is 14.9 Å². The van der Waals surface area contributed by atoms with Gasteiger partial charge in [-0.3, -0.25) is 4.79 Å². The maximum Gasteiger partial charge on any atom is 0.227 e. The Hall–Kier alpha value is -2.50. The zero-order chi connectivity index (χ0) is 19.0. The zero-order valence-corrected chi connectivity index (χ0v) is 15.9. The van der Waals surface area contributed by atoms with Gasteiger partial charge >= 0.3 is 0 Å². The number of aromatic nitrogens is 2. The van der Waals surface area contributed by atoms with Crippen molar-refractivity contribution in [2.45, 2.75) is 37.5 Å². The molecule has 1 aromatic carbocycles. The Kier molecular flexibility index (Phi) is 4.58. The molecule has 1 amide bonds. The second-order valence-electron chi connectivity index (χ2n) is 7.94. The molecule has 2 aliphatic rings. The molecular formula is C21H25FN4O. The van der Waals surface area contributed by atoms with E-state index in [9.17, 15) is 9.18 Å². The standard InChI is InChI=1S/C21H25FN4O/c1-25(2)20-23-13-16-7-9-21(19(16)24-20)8-4-10-26(14-21)18(27)12-15-5-3-6-17(22)11-15/h3,5-6,11,13H,4,7-10,12,14H2,1-2H3. The summed E-state index contributed by atoms with van der Waals surface area (Å²) in [6.07, 6.45) is 6.18. The third-order valence-corrected chi connectivity index (χ3v) is 5.80. The summed E-state index contributed by atoms with van der Waals surface area (Å²) in [7, 11) is 3.89. The van der Waals surface area contributed by atoms with Crippen molar-refractivity contribution in [2.24, 2.45) is 0 Å². The van der Waals surface area contributed by atoms with Gasteiger partial charge in [0, 0.05) is 38.8 Å². The molecule has 2 aromatic rings. The maximum absolute atomic E-state index is 13.4. The Morgan fingerprint density at radius 2 is 2.19 bits per heavy atom. The van der Waals surface area contributed by atoms with Crippen molar-refractivity contribution in [3.8, 4) is 0 Å². The summed E-state index contributed by atoms with van der Waals surface area (Å²) in [5, 5.41) is 0. The molecule has 1 spiro atoms. The summed E-state index contributed by atoms with van der Waals surface area (Å²) < 4.78 is 13.4. The Bertz CT molecular complexity index is 865. The van der Waals surface area contributed by atoms with Crippen LogP contribution in [-0.2, 0) is 23.1 Å². The molecule has 0 radical (unpaired) electrons. The molecule has 142 valence electrons. The predicted octanol–water partition coefficient (Wildman–Crippen LogP) is 2.73. The molecule has 1 aliphatic heterocycles. The van der Waals surface area contributed by atoms with Crippen LogP contribution < -0.4 is 4.90 Å². The number of benzene rings is 1. The van der Waals surface area contributed by atoms with E-state index < -0.39 is 0 Å². The van der Waals surface area contributed by atoms with Gasteiger partial charge in [-0.2, -0.15) is 0 Å². The first-order valence-corrected chi connectivity index (χ1v) is 9.53. The van der Waals surface area contributed by atoms with Crippen LogP contribution in [0.15, 0.2) is 30.5 Å². The lowest BCUT2D eigenvalue weighted by molar-refractivity contribution is -0.132. The highest BCUT2D eigenvalue weighted by atomic mass is 19.1. The van der Waals surface area contributed by atoms with Crippen LogP contribution in [0.1, 0.15) is 36.1 Å². The molecule has 0 N–H and O–H groups in total. The monoisotopic (exact) mass is 368 g/mol. The first-order valence-electron chi connectivity index (χ1n) is 9.53. The normalized spacial score (nSPS) is 21.4. The quantitative estimate of drug-likeness (QED) is 0.836. The van der Waals surface area contributed by atoms with E-state index in [1.165, 1.54) is 17.7 Å². The number of fused-ring (bicyclic) bond motifs is 2. The molecule has 1 aliphatic carbocycles. The van der Waals surface area contributed by atoms with Gasteiger partial charge in [-0.1, -0.05) is 12.1 Å². The van der Waals surface area contributed by atoms with Gasteiger partial charge in [0.25, 0.3) is 0 Å². The Balaban J connectivity index is 1.55. The number of hydrogen-bond donors (Lipinski definition) is 0. The van der Waals surface area contributed by atoms with Crippen molar-refractivity contribution < 1.29 is 9.18 Å². The van der Waals surface area contributed by atoms with E-state index in [0.717, 1.165) is 49.4 Å². The van der Waals surface area contributed by atoms with E-state index in [-0.39, 0.29) is 23.6 Å². The summed E-state index contributed by atoms with van der Waals surface area (Å²) in [5.74, 6) is 0.487. The van der Waals surface area contributed by atoms with Gasteiger partial charge < -0.3 is 9.80 Å². The minimum atomic E-state index is -0.298. The lowest BCUT2D eigenvalue weighted by atomic mass is 9.77. The van der Waals surface area contributed by atoms with Gasteiger partial charge in [-0.05, 0) is 48.9 Å². The van der Waals surface area contributed by atoms with E-state index in [1.54, 1.807) is 6.07 Å². The second kappa shape index (κ2) is 6.91. The van der Waals surface area contributed by atoms with E-state index in [0.29, 0.717) is 6.54 Å². The third kappa shape index (κ3) is 3.40. The summed E-state index contributed by atoms with van der Waals surface area (Å²) in [6.45, 7) is 1.45. The number of nitrogens with zero attached hydrogens (tertiary/aromatic N) is 4. The number of amides is 1. The summed E-state index contributed by atoms with van der Waals surface area (Å²) in [6, 6.07) is 6.31. The molecule has 5 nitrogen and oxygen atoms in total. The van der Waals surface area contributed by atoms with Gasteiger partial charge in [0.15, 0.2) is 0 Å². The molecule has 0 saturated carbocycles. The fourth-order valence-electron chi connectivity index (χ4n) is 4.42. The second-order valence-corrected chi connectivity index (χ2v) is 7.94. The van der Waals surface area contributed by atoms with Crippen molar-refractivity contribution in [3.63, 3.8) is 0 Å². The number of halogens is 1.